The summed E-state index contributed by atoms with van der Waals surface area (Å²) in [7, 11) is 1.00. The minimum atomic E-state index is 0.694. The van der Waals surface area contributed by atoms with Crippen molar-refractivity contribution in [3.8, 4) is 11.4 Å². The molecule has 5 rings (SSSR count). The van der Waals surface area contributed by atoms with Crippen LogP contribution < -0.4 is 5.32 Å². The van der Waals surface area contributed by atoms with E-state index in [4.69, 9.17) is 20.1 Å². The third-order valence-electron chi connectivity index (χ3n) is 6.00. The van der Waals surface area contributed by atoms with Gasteiger partial charge in [0.2, 0.25) is 0 Å². The van der Waals surface area contributed by atoms with Crippen molar-refractivity contribution < 1.29 is 5.11 Å². The Morgan fingerprint density at radius 3 is 2.22 bits per heavy atom. The van der Waals surface area contributed by atoms with Crippen LogP contribution in [0.2, 0.25) is 0 Å². The van der Waals surface area contributed by atoms with E-state index in [0.29, 0.717) is 12.4 Å². The van der Waals surface area contributed by atoms with E-state index in [2.05, 4.69) is 96.5 Å². The van der Waals surface area contributed by atoms with Gasteiger partial charge in [-0.2, -0.15) is 0 Å². The molecule has 0 radical (unpaired) electrons. The van der Waals surface area contributed by atoms with Gasteiger partial charge in [-0.15, -0.1) is 0 Å². The summed E-state index contributed by atoms with van der Waals surface area (Å²) in [5.74, 6) is 2.45. The van der Waals surface area contributed by atoms with E-state index in [1.165, 1.54) is 22.3 Å². The zero-order valence-corrected chi connectivity index (χ0v) is 21.4. The zero-order chi connectivity index (χ0) is 25.5. The number of aliphatic hydroxyl groups excluding tert-OH is 1. The second-order valence-corrected chi connectivity index (χ2v) is 8.83. The first-order valence-corrected chi connectivity index (χ1v) is 12.2. The van der Waals surface area contributed by atoms with Gasteiger partial charge in [0.15, 0.2) is 11.5 Å². The number of aryl methyl sites for hydroxylation is 3. The molecule has 36 heavy (non-hydrogen) atoms. The van der Waals surface area contributed by atoms with Gasteiger partial charge < -0.3 is 15.0 Å². The van der Waals surface area contributed by atoms with Gasteiger partial charge in [-0.3, -0.25) is 0 Å². The Hall–Kier alpha value is -4.03. The Kier molecular flexibility index (Phi) is 8.08. The highest BCUT2D eigenvalue weighted by Crippen LogP contribution is 2.29. The van der Waals surface area contributed by atoms with Gasteiger partial charge in [0, 0.05) is 25.8 Å². The number of hydrogen-bond donors (Lipinski definition) is 2. The van der Waals surface area contributed by atoms with Gasteiger partial charge in [-0.25, -0.2) is 15.0 Å². The Balaban J connectivity index is 0.00000148. The average molecular weight is 480 g/mol. The number of benzene rings is 3. The van der Waals surface area contributed by atoms with Gasteiger partial charge in [-0.1, -0.05) is 83.9 Å². The molecular weight excluding hydrogens is 446 g/mol. The molecule has 0 aliphatic rings. The first kappa shape index (κ1) is 25.1. The molecule has 0 atom stereocenters. The van der Waals surface area contributed by atoms with Crippen molar-refractivity contribution in [3.05, 3.63) is 107 Å². The third-order valence-corrected chi connectivity index (χ3v) is 6.00. The van der Waals surface area contributed by atoms with Crippen molar-refractivity contribution in [2.75, 3.05) is 19.0 Å². The van der Waals surface area contributed by atoms with E-state index in [1.807, 2.05) is 13.0 Å². The fraction of sp³-hybridized carbons (Fsp3) is 0.233. The predicted molar refractivity (Wildman–Crippen MR) is 147 cm³/mol. The van der Waals surface area contributed by atoms with Crippen molar-refractivity contribution in [1.82, 2.24) is 19.5 Å². The lowest BCUT2D eigenvalue weighted by atomic mass is 10.1. The smallest absolute Gasteiger partial charge is 0.183 e. The van der Waals surface area contributed by atoms with Gasteiger partial charge in [0.05, 0.1) is 0 Å². The van der Waals surface area contributed by atoms with Gasteiger partial charge >= 0.3 is 0 Å². The normalized spacial score (nSPS) is 10.7. The second-order valence-electron chi connectivity index (χ2n) is 8.83. The molecule has 3 aromatic carbocycles. The number of fused-ring (bicyclic) bond motifs is 1. The Morgan fingerprint density at radius 2 is 1.50 bits per heavy atom. The fourth-order valence-corrected chi connectivity index (χ4v) is 4.27. The molecular formula is C30H33N5O. The Morgan fingerprint density at radius 1 is 0.750 bits per heavy atom. The third kappa shape index (κ3) is 5.78. The van der Waals surface area contributed by atoms with E-state index in [1.54, 1.807) is 0 Å². The van der Waals surface area contributed by atoms with Crippen LogP contribution in [0, 0.1) is 20.8 Å². The largest absolute Gasteiger partial charge is 0.400 e. The Labute approximate surface area is 212 Å². The molecule has 0 amide bonds. The van der Waals surface area contributed by atoms with Crippen LogP contribution in [0.1, 0.15) is 28.1 Å². The summed E-state index contributed by atoms with van der Waals surface area (Å²) in [4.78, 5) is 14.5. The highest BCUT2D eigenvalue weighted by atomic mass is 16.2. The van der Waals surface area contributed by atoms with Crippen LogP contribution in [0.3, 0.4) is 0 Å². The van der Waals surface area contributed by atoms with Gasteiger partial charge in [0.1, 0.15) is 17.2 Å². The van der Waals surface area contributed by atoms with Crippen LogP contribution in [-0.2, 0) is 13.0 Å². The van der Waals surface area contributed by atoms with Crippen LogP contribution in [0.4, 0.5) is 5.82 Å². The lowest BCUT2D eigenvalue weighted by molar-refractivity contribution is 0.399. The summed E-state index contributed by atoms with van der Waals surface area (Å²) in [6, 6.07) is 27.6. The molecule has 2 aromatic heterocycles. The number of rotatable bonds is 7. The van der Waals surface area contributed by atoms with Crippen molar-refractivity contribution in [3.63, 3.8) is 0 Å². The quantitative estimate of drug-likeness (QED) is 0.312. The number of imidazole rings is 1. The van der Waals surface area contributed by atoms with Crippen LogP contribution in [0.15, 0.2) is 78.9 Å². The minimum absolute atomic E-state index is 0.694. The van der Waals surface area contributed by atoms with Gasteiger partial charge in [-0.05, 0) is 44.4 Å². The summed E-state index contributed by atoms with van der Waals surface area (Å²) in [6.45, 7) is 7.62. The van der Waals surface area contributed by atoms with E-state index >= 15 is 0 Å². The number of aliphatic hydroxyl groups is 1. The van der Waals surface area contributed by atoms with E-state index < -0.39 is 0 Å². The maximum absolute atomic E-state index is 7.00. The average Bonchev–Trinajstić information content (AvgIpc) is 3.25. The maximum Gasteiger partial charge on any atom is 0.183 e. The molecule has 6 heteroatoms. The van der Waals surface area contributed by atoms with Crippen molar-refractivity contribution in [1.29, 1.82) is 0 Å². The molecule has 2 N–H and O–H groups in total. The molecule has 184 valence electrons. The molecule has 2 heterocycles. The van der Waals surface area contributed by atoms with E-state index in [-0.39, 0.29) is 0 Å². The monoisotopic (exact) mass is 479 g/mol. The molecule has 0 bridgehead atoms. The predicted octanol–water partition coefficient (Wildman–Crippen LogP) is 5.73. The summed E-state index contributed by atoms with van der Waals surface area (Å²) >= 11 is 0. The van der Waals surface area contributed by atoms with Crippen LogP contribution in [0.25, 0.3) is 22.6 Å². The first-order chi connectivity index (χ1) is 17.6. The molecule has 0 saturated carbocycles. The topological polar surface area (TPSA) is 75.9 Å². The molecule has 5 aromatic rings. The lowest BCUT2D eigenvalue weighted by Gasteiger charge is -2.13. The summed E-state index contributed by atoms with van der Waals surface area (Å²) in [5.41, 5.74) is 7.71. The van der Waals surface area contributed by atoms with Crippen LogP contribution in [0.5, 0.6) is 0 Å². The zero-order valence-electron chi connectivity index (χ0n) is 21.4. The standard InChI is InChI=1S/C29H29N5.CH4O/c1-20-12-14-24(15-13-20)19-34-26-27(30-17-16-23-9-5-4-6-10-23)31-22(3)32-28(26)33-29(34)25-11-7-8-21(2)18-25;1-2/h4-15,18H,16-17,19H2,1-3H3,(H,30,31,32);2H,1H3. The molecule has 0 saturated heterocycles. The number of nitrogens with zero attached hydrogens (tertiary/aromatic N) is 4. The molecule has 6 nitrogen and oxygen atoms in total. The second kappa shape index (κ2) is 11.6. The molecule has 0 aliphatic heterocycles. The van der Waals surface area contributed by atoms with Crippen LogP contribution in [-0.4, -0.2) is 38.3 Å². The number of hydrogen-bond acceptors (Lipinski definition) is 5. The fourth-order valence-electron chi connectivity index (χ4n) is 4.27. The summed E-state index contributed by atoms with van der Waals surface area (Å²) < 4.78 is 2.25. The number of anilines is 1. The summed E-state index contributed by atoms with van der Waals surface area (Å²) in [5, 5.41) is 10.6. The SMILES string of the molecule is CO.Cc1ccc(Cn2c(-c3cccc(C)c3)nc3nc(C)nc(NCCc4ccccc4)c32)cc1. The highest BCUT2D eigenvalue weighted by Gasteiger charge is 2.19. The van der Waals surface area contributed by atoms with Gasteiger partial charge in [0.25, 0.3) is 0 Å². The van der Waals surface area contributed by atoms with Crippen LogP contribution >= 0.6 is 0 Å². The van der Waals surface area contributed by atoms with Crippen molar-refractivity contribution in [2.45, 2.75) is 33.7 Å². The summed E-state index contributed by atoms with van der Waals surface area (Å²) in [6.07, 6.45) is 0.919. The maximum atomic E-state index is 7.00. The number of nitrogens with one attached hydrogen (secondary N) is 1. The molecule has 0 unspecified atom stereocenters. The van der Waals surface area contributed by atoms with Crippen molar-refractivity contribution in [2.24, 2.45) is 0 Å². The molecule has 0 spiro atoms. The van der Waals surface area contributed by atoms with E-state index in [9.17, 15) is 0 Å². The van der Waals surface area contributed by atoms with E-state index in [0.717, 1.165) is 48.4 Å². The highest BCUT2D eigenvalue weighted by molar-refractivity contribution is 5.87. The molecule has 0 aliphatic carbocycles. The Bertz CT molecular complexity index is 1430. The number of aromatic nitrogens is 4. The lowest BCUT2D eigenvalue weighted by Crippen LogP contribution is -2.10. The van der Waals surface area contributed by atoms with Crippen molar-refractivity contribution >= 4 is 17.0 Å². The minimum Gasteiger partial charge on any atom is -0.400 e. The molecule has 0 fully saturated rings. The first-order valence-electron chi connectivity index (χ1n) is 12.2.